The van der Waals surface area contributed by atoms with Crippen LogP contribution in [0.25, 0.3) is 16.6 Å². The van der Waals surface area contributed by atoms with Gasteiger partial charge in [-0.15, -0.1) is 0 Å². The molecule has 2 N–H and O–H groups in total. The molecule has 0 bridgehead atoms. The molecule has 4 rings (SSSR count). The zero-order chi connectivity index (χ0) is 19.7. The lowest BCUT2D eigenvalue weighted by molar-refractivity contribution is -0.117. The molecule has 2 aromatic heterocycles. The van der Waals surface area contributed by atoms with Gasteiger partial charge in [-0.05, 0) is 49.0 Å². The van der Waals surface area contributed by atoms with Gasteiger partial charge in [0.25, 0.3) is 0 Å². The molecule has 1 saturated carbocycles. The maximum Gasteiger partial charge on any atom is 0.228 e. The van der Waals surface area contributed by atoms with E-state index in [-0.39, 0.29) is 30.5 Å². The first-order valence-corrected chi connectivity index (χ1v) is 11.1. The largest absolute Gasteiger partial charge is 0.346 e. The van der Waals surface area contributed by atoms with E-state index in [1.54, 1.807) is 6.20 Å². The van der Waals surface area contributed by atoms with Gasteiger partial charge in [0.1, 0.15) is 11.5 Å². The highest BCUT2D eigenvalue weighted by atomic mass is 32.2. The fraction of sp³-hybridized carbons (Fsp3) is 0.474. The van der Waals surface area contributed by atoms with E-state index >= 15 is 0 Å². The molecular weight excluding hydrogens is 383 g/mol. The molecule has 28 heavy (non-hydrogen) atoms. The molecule has 1 fully saturated rings. The van der Waals surface area contributed by atoms with Gasteiger partial charge >= 0.3 is 0 Å². The van der Waals surface area contributed by atoms with Crippen LogP contribution in [0, 0.1) is 5.92 Å². The monoisotopic (exact) mass is 406 g/mol. The van der Waals surface area contributed by atoms with Gasteiger partial charge in [0, 0.05) is 30.6 Å². The minimum atomic E-state index is -3.44. The van der Waals surface area contributed by atoms with Gasteiger partial charge in [-0.25, -0.2) is 13.4 Å². The highest BCUT2D eigenvalue weighted by Gasteiger charge is 2.30. The Bertz CT molecular complexity index is 1030. The van der Waals surface area contributed by atoms with Gasteiger partial charge in [-0.1, -0.05) is 6.08 Å². The quantitative estimate of drug-likeness (QED) is 0.739. The number of rotatable bonds is 7. The Kier molecular flexibility index (Phi) is 5.20. The molecule has 2 aliphatic rings. The summed E-state index contributed by atoms with van der Waals surface area (Å²) < 4.78 is 38.3. The van der Waals surface area contributed by atoms with Crippen LogP contribution in [0.2, 0.25) is 0 Å². The number of aromatic amines is 1. The number of amides is 1. The second kappa shape index (κ2) is 7.63. The summed E-state index contributed by atoms with van der Waals surface area (Å²) in [7, 11) is -3.44. The van der Waals surface area contributed by atoms with Crippen LogP contribution in [0.1, 0.15) is 31.2 Å². The summed E-state index contributed by atoms with van der Waals surface area (Å²) in [6.45, 7) is -0.00752. The number of halogens is 1. The number of carbonyl (C=O) groups excluding carboxylic acids is 1. The van der Waals surface area contributed by atoms with Crippen LogP contribution in [0.4, 0.5) is 10.2 Å². The second-order valence-electron chi connectivity index (χ2n) is 7.25. The molecular formula is C19H23FN4O3S. The molecule has 150 valence electrons. The molecule has 3 heterocycles. The summed E-state index contributed by atoms with van der Waals surface area (Å²) in [5.74, 6) is 0.413. The minimum Gasteiger partial charge on any atom is -0.346 e. The first kappa shape index (κ1) is 19.1. The predicted octanol–water partition coefficient (Wildman–Crippen LogP) is 2.69. The first-order valence-electron chi connectivity index (χ1n) is 9.50. The van der Waals surface area contributed by atoms with Crippen LogP contribution >= 0.6 is 0 Å². The fourth-order valence-corrected chi connectivity index (χ4v) is 4.86. The standard InChI is InChI=1S/C19H23FN4O3S/c20-7-1-11-28(26,27)24-9-5-13(6-10-24)16-12-17(23-19(25)14-2-3-14)22-18-15(16)4-8-21-18/h4-5,8,12,14H,1-3,6-7,9-11H2,(H2,21,22,23,25). The Morgan fingerprint density at radius 3 is 2.89 bits per heavy atom. The van der Waals surface area contributed by atoms with Gasteiger partial charge in [0.15, 0.2) is 0 Å². The van der Waals surface area contributed by atoms with Crippen LogP contribution in [0.15, 0.2) is 24.4 Å². The lowest BCUT2D eigenvalue weighted by Gasteiger charge is -2.26. The van der Waals surface area contributed by atoms with Gasteiger partial charge in [-0.2, -0.15) is 4.31 Å². The van der Waals surface area contributed by atoms with Crippen molar-refractivity contribution in [1.82, 2.24) is 14.3 Å². The number of carbonyl (C=O) groups is 1. The van der Waals surface area contributed by atoms with Crippen LogP contribution in [0.5, 0.6) is 0 Å². The third-order valence-corrected chi connectivity index (χ3v) is 7.10. The lowest BCUT2D eigenvalue weighted by atomic mass is 9.98. The molecule has 0 aromatic carbocycles. The zero-order valence-corrected chi connectivity index (χ0v) is 16.3. The predicted molar refractivity (Wildman–Crippen MR) is 106 cm³/mol. The van der Waals surface area contributed by atoms with Crippen LogP contribution in [-0.2, 0) is 14.8 Å². The number of nitrogens with one attached hydrogen (secondary N) is 2. The van der Waals surface area contributed by atoms with Gasteiger partial charge in [0.05, 0.1) is 12.4 Å². The van der Waals surface area contributed by atoms with Crippen LogP contribution in [0.3, 0.4) is 0 Å². The Labute approximate surface area is 163 Å². The van der Waals surface area contributed by atoms with Crippen LogP contribution in [-0.4, -0.2) is 54.1 Å². The molecule has 1 amide bonds. The number of nitrogens with zero attached hydrogens (tertiary/aromatic N) is 2. The van der Waals surface area contributed by atoms with E-state index < -0.39 is 16.7 Å². The average Bonchev–Trinajstić information content (AvgIpc) is 3.44. The van der Waals surface area contributed by atoms with E-state index in [0.29, 0.717) is 24.4 Å². The van der Waals surface area contributed by atoms with Crippen molar-refractivity contribution in [1.29, 1.82) is 0 Å². The number of H-pyrrole nitrogens is 1. The van der Waals surface area contributed by atoms with Crippen molar-refractivity contribution in [3.8, 4) is 0 Å². The number of sulfonamides is 1. The number of hydrogen-bond donors (Lipinski definition) is 2. The number of alkyl halides is 1. The molecule has 1 aliphatic heterocycles. The number of anilines is 1. The van der Waals surface area contributed by atoms with Crippen LogP contribution < -0.4 is 5.32 Å². The Balaban J connectivity index is 1.58. The lowest BCUT2D eigenvalue weighted by Crippen LogP contribution is -2.36. The SMILES string of the molecule is O=C(Nc1cc(C2=CCN(S(=O)(=O)CCCF)CC2)c2cc[nH]c2n1)C1CC1. The number of pyridine rings is 1. The molecule has 2 aromatic rings. The van der Waals surface area contributed by atoms with Crippen molar-refractivity contribution >= 4 is 38.4 Å². The fourth-order valence-electron chi connectivity index (χ4n) is 3.46. The molecule has 1 aliphatic carbocycles. The van der Waals surface area contributed by atoms with Crippen molar-refractivity contribution in [3.05, 3.63) is 30.0 Å². The molecule has 0 saturated heterocycles. The Morgan fingerprint density at radius 1 is 1.39 bits per heavy atom. The smallest absolute Gasteiger partial charge is 0.228 e. The van der Waals surface area contributed by atoms with Crippen molar-refractivity contribution < 1.29 is 17.6 Å². The molecule has 0 atom stereocenters. The summed E-state index contributed by atoms with van der Waals surface area (Å²) >= 11 is 0. The maximum atomic E-state index is 12.3. The molecule has 0 spiro atoms. The van der Waals surface area contributed by atoms with E-state index in [2.05, 4.69) is 15.3 Å². The second-order valence-corrected chi connectivity index (χ2v) is 9.34. The third kappa shape index (κ3) is 3.95. The summed E-state index contributed by atoms with van der Waals surface area (Å²) in [6.07, 6.45) is 6.10. The van der Waals surface area contributed by atoms with E-state index in [1.807, 2.05) is 18.2 Å². The Hall–Kier alpha value is -2.26. The van der Waals surface area contributed by atoms with E-state index in [0.717, 1.165) is 29.4 Å². The Morgan fingerprint density at radius 2 is 2.21 bits per heavy atom. The number of hydrogen-bond acceptors (Lipinski definition) is 4. The van der Waals surface area contributed by atoms with E-state index in [4.69, 9.17) is 0 Å². The molecule has 9 heteroatoms. The highest BCUT2D eigenvalue weighted by Crippen LogP contribution is 2.33. The minimum absolute atomic E-state index is 0.00730. The summed E-state index contributed by atoms with van der Waals surface area (Å²) in [6, 6.07) is 3.78. The van der Waals surface area contributed by atoms with Crippen molar-refractivity contribution in [3.63, 3.8) is 0 Å². The molecule has 0 radical (unpaired) electrons. The van der Waals surface area contributed by atoms with Gasteiger partial charge < -0.3 is 10.3 Å². The van der Waals surface area contributed by atoms with Crippen molar-refractivity contribution in [2.75, 3.05) is 30.8 Å². The average molecular weight is 406 g/mol. The summed E-state index contributed by atoms with van der Waals surface area (Å²) in [5.41, 5.74) is 2.64. The third-order valence-electron chi connectivity index (χ3n) is 5.18. The maximum absolute atomic E-state index is 12.3. The van der Waals surface area contributed by atoms with Crippen molar-refractivity contribution in [2.45, 2.75) is 25.7 Å². The molecule has 7 nitrogen and oxygen atoms in total. The topological polar surface area (TPSA) is 95.2 Å². The first-order chi connectivity index (χ1) is 13.5. The number of fused-ring (bicyclic) bond motifs is 1. The van der Waals surface area contributed by atoms with E-state index in [9.17, 15) is 17.6 Å². The van der Waals surface area contributed by atoms with Gasteiger partial charge in [-0.3, -0.25) is 9.18 Å². The van der Waals surface area contributed by atoms with Gasteiger partial charge in [0.2, 0.25) is 15.9 Å². The zero-order valence-electron chi connectivity index (χ0n) is 15.4. The molecule has 0 unspecified atom stereocenters. The number of aromatic nitrogens is 2. The summed E-state index contributed by atoms with van der Waals surface area (Å²) in [5, 5.41) is 3.82. The summed E-state index contributed by atoms with van der Waals surface area (Å²) in [4.78, 5) is 19.7. The van der Waals surface area contributed by atoms with E-state index in [1.165, 1.54) is 4.31 Å². The normalized spacial score (nSPS) is 18.2. The van der Waals surface area contributed by atoms with Crippen molar-refractivity contribution in [2.24, 2.45) is 5.92 Å². The highest BCUT2D eigenvalue weighted by molar-refractivity contribution is 7.89.